The smallest absolute Gasteiger partial charge is 0.185 e. The van der Waals surface area contributed by atoms with E-state index in [0.717, 1.165) is 11.3 Å². The van der Waals surface area contributed by atoms with Gasteiger partial charge in [-0.25, -0.2) is 0 Å². The number of aldehydes is 1. The maximum absolute atomic E-state index is 9.91. The van der Waals surface area contributed by atoms with Crippen molar-refractivity contribution in [3.63, 3.8) is 0 Å². The zero-order chi connectivity index (χ0) is 14.1. The van der Waals surface area contributed by atoms with Gasteiger partial charge in [-0.1, -0.05) is 12.1 Å². The first-order valence-corrected chi connectivity index (χ1v) is 6.33. The van der Waals surface area contributed by atoms with Crippen molar-refractivity contribution in [2.45, 2.75) is 6.42 Å². The Labute approximate surface area is 120 Å². The number of carbonyl (C=O) groups excluding carboxylic acids is 1. The summed E-state index contributed by atoms with van der Waals surface area (Å²) in [6.07, 6.45) is 1.14. The van der Waals surface area contributed by atoms with Crippen molar-refractivity contribution in [1.82, 2.24) is 0 Å². The van der Waals surface area contributed by atoms with Crippen molar-refractivity contribution >= 4 is 27.9 Å². The van der Waals surface area contributed by atoms with Crippen LogP contribution in [-0.4, -0.2) is 13.3 Å². The van der Waals surface area contributed by atoms with Crippen LogP contribution in [0.1, 0.15) is 16.1 Å². The fourth-order valence-electron chi connectivity index (χ4n) is 1.32. The zero-order valence-electron chi connectivity index (χ0n) is 10.4. The molecule has 2 rings (SSSR count). The zero-order valence-corrected chi connectivity index (χ0v) is 12.0. The fraction of sp³-hybridized carbons (Fsp3) is 0.143. The molecule has 0 unspecified atom stereocenters. The van der Waals surface area contributed by atoms with Crippen molar-refractivity contribution in [3.8, 4) is 6.07 Å². The number of hydrogen-bond acceptors (Lipinski definition) is 4. The SMILES string of the molecule is CNc1cccc(CC#N)c1.O=Cc1ccc(Br)o1. The molecule has 1 N–H and O–H groups in total. The van der Waals surface area contributed by atoms with Gasteiger partial charge in [0.15, 0.2) is 16.7 Å². The van der Waals surface area contributed by atoms with Crippen LogP contribution in [0.2, 0.25) is 0 Å². The molecular weight excluding hydrogens is 308 g/mol. The summed E-state index contributed by atoms with van der Waals surface area (Å²) in [4.78, 5) is 9.91. The van der Waals surface area contributed by atoms with Crippen LogP contribution in [0, 0.1) is 11.3 Å². The van der Waals surface area contributed by atoms with Gasteiger partial charge in [-0.15, -0.1) is 0 Å². The Morgan fingerprint density at radius 3 is 2.68 bits per heavy atom. The first kappa shape index (κ1) is 15.0. The molecule has 4 nitrogen and oxygen atoms in total. The monoisotopic (exact) mass is 320 g/mol. The highest BCUT2D eigenvalue weighted by molar-refractivity contribution is 9.10. The fourth-order valence-corrected chi connectivity index (χ4v) is 1.64. The molecule has 2 aromatic rings. The van der Waals surface area contributed by atoms with E-state index >= 15 is 0 Å². The molecule has 1 aromatic carbocycles. The number of halogens is 1. The Kier molecular flexibility index (Phi) is 6.41. The Morgan fingerprint density at radius 2 is 2.21 bits per heavy atom. The van der Waals surface area contributed by atoms with Crippen LogP contribution in [0.15, 0.2) is 45.5 Å². The third-order valence-electron chi connectivity index (χ3n) is 2.21. The minimum atomic E-state index is 0.344. The first-order valence-electron chi connectivity index (χ1n) is 5.53. The summed E-state index contributed by atoms with van der Waals surface area (Å²) in [5.41, 5.74) is 2.11. The average Bonchev–Trinajstić information content (AvgIpc) is 2.86. The van der Waals surface area contributed by atoms with Gasteiger partial charge in [0, 0.05) is 12.7 Å². The van der Waals surface area contributed by atoms with E-state index in [9.17, 15) is 4.79 Å². The second-order valence-corrected chi connectivity index (χ2v) is 4.33. The molecule has 0 radical (unpaired) electrons. The molecule has 0 bridgehead atoms. The van der Waals surface area contributed by atoms with E-state index < -0.39 is 0 Å². The summed E-state index contributed by atoms with van der Waals surface area (Å²) in [7, 11) is 1.87. The van der Waals surface area contributed by atoms with Gasteiger partial charge < -0.3 is 9.73 Å². The third kappa shape index (κ3) is 5.40. The predicted octanol–water partition coefficient (Wildman–Crippen LogP) is 3.65. The van der Waals surface area contributed by atoms with Crippen molar-refractivity contribution in [2.75, 3.05) is 12.4 Å². The average molecular weight is 321 g/mol. The molecule has 19 heavy (non-hydrogen) atoms. The van der Waals surface area contributed by atoms with E-state index in [2.05, 4.69) is 27.3 Å². The van der Waals surface area contributed by atoms with E-state index in [1.807, 2.05) is 31.3 Å². The van der Waals surface area contributed by atoms with Crippen molar-refractivity contribution in [1.29, 1.82) is 5.26 Å². The minimum absolute atomic E-state index is 0.344. The summed E-state index contributed by atoms with van der Waals surface area (Å²) < 4.78 is 5.36. The summed E-state index contributed by atoms with van der Waals surface area (Å²) in [5, 5.41) is 11.4. The molecule has 5 heteroatoms. The molecule has 1 heterocycles. The van der Waals surface area contributed by atoms with Gasteiger partial charge in [0.05, 0.1) is 12.5 Å². The Bertz CT molecular complexity index is 573. The normalized spacial score (nSPS) is 8.89. The first-order chi connectivity index (χ1) is 9.19. The predicted molar refractivity (Wildman–Crippen MR) is 77.1 cm³/mol. The van der Waals surface area contributed by atoms with Crippen LogP contribution >= 0.6 is 15.9 Å². The second kappa shape index (κ2) is 8.11. The van der Waals surface area contributed by atoms with Crippen LogP contribution in [0.5, 0.6) is 0 Å². The Hall–Kier alpha value is -2.06. The molecule has 0 fully saturated rings. The highest BCUT2D eigenvalue weighted by Crippen LogP contribution is 2.11. The van der Waals surface area contributed by atoms with Gasteiger partial charge in [0.2, 0.25) is 0 Å². The molecular formula is C14H13BrN2O2. The Morgan fingerprint density at radius 1 is 1.42 bits per heavy atom. The second-order valence-electron chi connectivity index (χ2n) is 3.54. The van der Waals surface area contributed by atoms with Gasteiger partial charge in [-0.3, -0.25) is 4.79 Å². The summed E-state index contributed by atoms with van der Waals surface area (Å²) in [5.74, 6) is 0.344. The van der Waals surface area contributed by atoms with E-state index in [1.54, 1.807) is 12.1 Å². The lowest BCUT2D eigenvalue weighted by Gasteiger charge is -2.00. The van der Waals surface area contributed by atoms with Crippen LogP contribution in [-0.2, 0) is 6.42 Å². The summed E-state index contributed by atoms with van der Waals surface area (Å²) in [6.45, 7) is 0. The molecule has 0 aliphatic heterocycles. The molecule has 0 amide bonds. The molecule has 0 saturated heterocycles. The van der Waals surface area contributed by atoms with Crippen molar-refractivity contribution < 1.29 is 9.21 Å². The highest BCUT2D eigenvalue weighted by Gasteiger charge is 1.93. The van der Waals surface area contributed by atoms with E-state index in [-0.39, 0.29) is 0 Å². The van der Waals surface area contributed by atoms with Crippen LogP contribution < -0.4 is 5.32 Å². The lowest BCUT2D eigenvalue weighted by molar-refractivity contribution is 0.109. The lowest BCUT2D eigenvalue weighted by atomic mass is 10.1. The number of hydrogen-bond donors (Lipinski definition) is 1. The number of anilines is 1. The number of rotatable bonds is 3. The van der Waals surface area contributed by atoms with E-state index in [0.29, 0.717) is 23.1 Å². The van der Waals surface area contributed by atoms with E-state index in [1.165, 1.54) is 0 Å². The topological polar surface area (TPSA) is 66.0 Å². The summed E-state index contributed by atoms with van der Waals surface area (Å²) in [6, 6.07) is 13.2. The maximum Gasteiger partial charge on any atom is 0.185 e. The third-order valence-corrected chi connectivity index (χ3v) is 2.64. The molecule has 0 aliphatic carbocycles. The number of nitrogens with zero attached hydrogens (tertiary/aromatic N) is 1. The lowest BCUT2D eigenvalue weighted by Crippen LogP contribution is -1.89. The molecule has 1 aromatic heterocycles. The van der Waals surface area contributed by atoms with Crippen LogP contribution in [0.25, 0.3) is 0 Å². The number of carbonyl (C=O) groups is 1. The largest absolute Gasteiger partial charge is 0.447 e. The highest BCUT2D eigenvalue weighted by atomic mass is 79.9. The number of furan rings is 1. The molecule has 0 saturated carbocycles. The minimum Gasteiger partial charge on any atom is -0.447 e. The van der Waals surface area contributed by atoms with Crippen molar-refractivity contribution in [2.24, 2.45) is 0 Å². The molecule has 0 spiro atoms. The van der Waals surface area contributed by atoms with Gasteiger partial charge in [-0.2, -0.15) is 5.26 Å². The van der Waals surface area contributed by atoms with E-state index in [4.69, 9.17) is 9.68 Å². The summed E-state index contributed by atoms with van der Waals surface area (Å²) >= 11 is 3.05. The van der Waals surface area contributed by atoms with Gasteiger partial charge in [-0.05, 0) is 45.8 Å². The quantitative estimate of drug-likeness (QED) is 0.876. The Balaban J connectivity index is 0.000000200. The molecule has 0 atom stereocenters. The van der Waals surface area contributed by atoms with Gasteiger partial charge in [0.25, 0.3) is 0 Å². The van der Waals surface area contributed by atoms with Crippen LogP contribution in [0.3, 0.4) is 0 Å². The number of nitrogens with one attached hydrogen (secondary N) is 1. The number of nitriles is 1. The number of benzene rings is 1. The molecule has 0 aliphatic rings. The molecule has 98 valence electrons. The van der Waals surface area contributed by atoms with Crippen molar-refractivity contribution in [3.05, 3.63) is 52.4 Å². The standard InChI is InChI=1S/C9H10N2.C5H3BrO2/c1-11-9-4-2-3-8(7-9)5-6-10;6-5-2-1-4(3-7)8-5/h2-4,7,11H,5H2,1H3;1-3H. The maximum atomic E-state index is 9.91. The van der Waals surface area contributed by atoms with Gasteiger partial charge in [0.1, 0.15) is 0 Å². The van der Waals surface area contributed by atoms with Crippen LogP contribution in [0.4, 0.5) is 5.69 Å². The van der Waals surface area contributed by atoms with Gasteiger partial charge >= 0.3 is 0 Å².